The predicted molar refractivity (Wildman–Crippen MR) is 55.5 cm³/mol. The Bertz CT molecular complexity index is 276. The fourth-order valence-corrected chi connectivity index (χ4v) is 2.49. The Labute approximate surface area is 90.2 Å². The molecule has 2 bridgehead atoms. The van der Waals surface area contributed by atoms with Crippen molar-refractivity contribution in [1.82, 2.24) is 4.90 Å². The van der Waals surface area contributed by atoms with E-state index in [1.807, 2.05) is 20.8 Å². The number of amides is 1. The Morgan fingerprint density at radius 1 is 1.53 bits per heavy atom. The lowest BCUT2D eigenvalue weighted by atomic mass is 9.71. The summed E-state index contributed by atoms with van der Waals surface area (Å²) in [5.74, 6) is 0. The average Bonchev–Trinajstić information content (AvgIpc) is 2.53. The molecule has 0 aromatic carbocycles. The van der Waals surface area contributed by atoms with Gasteiger partial charge in [-0.15, -0.1) is 0 Å². The van der Waals surface area contributed by atoms with Crippen LogP contribution in [0, 0.1) is 5.41 Å². The molecule has 4 heteroatoms. The average molecular weight is 213 g/mol. The first-order valence-electron chi connectivity index (χ1n) is 5.46. The summed E-state index contributed by atoms with van der Waals surface area (Å²) in [6.07, 6.45) is 1.63. The van der Waals surface area contributed by atoms with Gasteiger partial charge in [0, 0.05) is 18.0 Å². The van der Waals surface area contributed by atoms with Crippen LogP contribution in [0.5, 0.6) is 0 Å². The van der Waals surface area contributed by atoms with E-state index in [0.29, 0.717) is 12.6 Å². The fourth-order valence-electron chi connectivity index (χ4n) is 2.49. The Balaban J connectivity index is 1.95. The third-order valence-corrected chi connectivity index (χ3v) is 3.25. The first kappa shape index (κ1) is 10.7. The Morgan fingerprint density at radius 3 is 2.53 bits per heavy atom. The van der Waals surface area contributed by atoms with Crippen molar-refractivity contribution in [3.05, 3.63) is 0 Å². The number of aliphatic hydroxyl groups excluding tert-OH is 1. The monoisotopic (exact) mass is 213 g/mol. The number of aliphatic hydroxyl groups is 1. The lowest BCUT2D eigenvalue weighted by Crippen LogP contribution is -2.40. The number of hydrogen-bond donors (Lipinski definition) is 1. The number of carbonyl (C=O) groups is 1. The number of fused-ring (bicyclic) bond motifs is 1. The molecule has 1 N–H and O–H groups in total. The van der Waals surface area contributed by atoms with Crippen LogP contribution in [0.1, 0.15) is 33.6 Å². The highest BCUT2D eigenvalue weighted by molar-refractivity contribution is 5.70. The largest absolute Gasteiger partial charge is 0.444 e. The number of nitrogens with zero attached hydrogens (tertiary/aromatic N) is 1. The molecule has 4 nitrogen and oxygen atoms in total. The third-order valence-electron chi connectivity index (χ3n) is 3.25. The summed E-state index contributed by atoms with van der Waals surface area (Å²) in [7, 11) is 0. The molecule has 0 radical (unpaired) electrons. The van der Waals surface area contributed by atoms with Crippen molar-refractivity contribution in [3.63, 3.8) is 0 Å². The Hall–Kier alpha value is -0.770. The molecule has 2 aliphatic heterocycles. The van der Waals surface area contributed by atoms with Crippen LogP contribution in [-0.4, -0.2) is 40.9 Å². The summed E-state index contributed by atoms with van der Waals surface area (Å²) in [6.45, 7) is 6.44. The third kappa shape index (κ3) is 1.83. The molecule has 3 aliphatic rings. The van der Waals surface area contributed by atoms with Gasteiger partial charge in [0.15, 0.2) is 0 Å². The predicted octanol–water partition coefficient (Wildman–Crippen LogP) is 1.38. The van der Waals surface area contributed by atoms with Gasteiger partial charge >= 0.3 is 6.09 Å². The zero-order chi connectivity index (χ0) is 11.3. The minimum atomic E-state index is -0.434. The van der Waals surface area contributed by atoms with Crippen molar-refractivity contribution in [3.8, 4) is 0 Å². The molecule has 1 saturated carbocycles. The molecule has 3 fully saturated rings. The van der Waals surface area contributed by atoms with Crippen LogP contribution in [0.4, 0.5) is 4.79 Å². The van der Waals surface area contributed by atoms with Gasteiger partial charge in [-0.05, 0) is 33.6 Å². The van der Waals surface area contributed by atoms with Gasteiger partial charge in [0.1, 0.15) is 5.60 Å². The zero-order valence-corrected chi connectivity index (χ0v) is 9.62. The molecule has 3 rings (SSSR count). The van der Waals surface area contributed by atoms with E-state index in [1.54, 1.807) is 4.90 Å². The summed E-state index contributed by atoms with van der Waals surface area (Å²) in [6, 6.07) is 0.298. The van der Waals surface area contributed by atoms with E-state index >= 15 is 0 Å². The number of hydrogen-bond acceptors (Lipinski definition) is 3. The van der Waals surface area contributed by atoms with Crippen molar-refractivity contribution in [1.29, 1.82) is 0 Å². The molecule has 86 valence electrons. The lowest BCUT2D eigenvalue weighted by molar-refractivity contribution is 0.0238. The van der Waals surface area contributed by atoms with Crippen LogP contribution in [0.15, 0.2) is 0 Å². The van der Waals surface area contributed by atoms with E-state index in [-0.39, 0.29) is 18.1 Å². The highest BCUT2D eigenvalue weighted by Crippen LogP contribution is 2.51. The highest BCUT2D eigenvalue weighted by Gasteiger charge is 2.56. The van der Waals surface area contributed by atoms with Gasteiger partial charge in [-0.1, -0.05) is 0 Å². The first-order chi connectivity index (χ1) is 6.85. The molecule has 0 unspecified atom stereocenters. The van der Waals surface area contributed by atoms with Crippen molar-refractivity contribution in [2.24, 2.45) is 5.41 Å². The van der Waals surface area contributed by atoms with E-state index in [9.17, 15) is 9.90 Å². The van der Waals surface area contributed by atoms with Gasteiger partial charge in [-0.3, -0.25) is 0 Å². The summed E-state index contributed by atoms with van der Waals surface area (Å²) < 4.78 is 5.31. The maximum Gasteiger partial charge on any atom is 0.410 e. The minimum absolute atomic E-state index is 0.0123. The lowest BCUT2D eigenvalue weighted by Gasteiger charge is -2.35. The number of rotatable bonds is 1. The van der Waals surface area contributed by atoms with Crippen molar-refractivity contribution >= 4 is 6.09 Å². The van der Waals surface area contributed by atoms with Gasteiger partial charge in [0.2, 0.25) is 0 Å². The second-order valence-electron chi connectivity index (χ2n) is 5.83. The number of ether oxygens (including phenoxy) is 1. The van der Waals surface area contributed by atoms with E-state index in [4.69, 9.17) is 4.74 Å². The van der Waals surface area contributed by atoms with Gasteiger partial charge in [-0.25, -0.2) is 4.79 Å². The van der Waals surface area contributed by atoms with Crippen molar-refractivity contribution in [2.45, 2.75) is 45.3 Å². The molecule has 0 aromatic heterocycles. The number of carbonyl (C=O) groups excluding carboxylic acids is 1. The van der Waals surface area contributed by atoms with E-state index < -0.39 is 5.60 Å². The summed E-state index contributed by atoms with van der Waals surface area (Å²) in [5.41, 5.74) is -0.446. The van der Waals surface area contributed by atoms with Crippen molar-refractivity contribution in [2.75, 3.05) is 13.2 Å². The quantitative estimate of drug-likeness (QED) is 0.716. The molecule has 2 saturated heterocycles. The maximum absolute atomic E-state index is 11.8. The summed E-state index contributed by atoms with van der Waals surface area (Å²) in [4.78, 5) is 13.5. The van der Waals surface area contributed by atoms with Crippen LogP contribution < -0.4 is 0 Å². The standard InChI is InChI=1S/C11H19NO3/c1-10(2,3)15-9(14)12-6-11(7-13)4-8(12)5-11/h8,13H,4-7H2,1-3H3. The molecule has 0 aromatic rings. The summed E-state index contributed by atoms with van der Waals surface area (Å²) in [5, 5.41) is 9.22. The van der Waals surface area contributed by atoms with Crippen LogP contribution in [0.2, 0.25) is 0 Å². The second-order valence-corrected chi connectivity index (χ2v) is 5.83. The minimum Gasteiger partial charge on any atom is -0.444 e. The zero-order valence-electron chi connectivity index (χ0n) is 9.62. The molecule has 1 amide bonds. The van der Waals surface area contributed by atoms with Crippen LogP contribution >= 0.6 is 0 Å². The fraction of sp³-hybridized carbons (Fsp3) is 0.909. The highest BCUT2D eigenvalue weighted by atomic mass is 16.6. The Kier molecular flexibility index (Phi) is 2.23. The maximum atomic E-state index is 11.8. The SMILES string of the molecule is CC(C)(C)OC(=O)N1CC2(CO)CC1C2. The first-order valence-corrected chi connectivity index (χ1v) is 5.46. The molecule has 0 atom stereocenters. The van der Waals surface area contributed by atoms with Crippen LogP contribution in [0.25, 0.3) is 0 Å². The van der Waals surface area contributed by atoms with Crippen LogP contribution in [-0.2, 0) is 4.74 Å². The van der Waals surface area contributed by atoms with Gasteiger partial charge in [0.25, 0.3) is 0 Å². The van der Waals surface area contributed by atoms with E-state index in [1.165, 1.54) is 0 Å². The Morgan fingerprint density at radius 2 is 2.13 bits per heavy atom. The van der Waals surface area contributed by atoms with Gasteiger partial charge < -0.3 is 14.7 Å². The van der Waals surface area contributed by atoms with E-state index in [2.05, 4.69) is 0 Å². The summed E-state index contributed by atoms with van der Waals surface area (Å²) >= 11 is 0. The second kappa shape index (κ2) is 3.11. The smallest absolute Gasteiger partial charge is 0.410 e. The molecule has 2 heterocycles. The molecular formula is C11H19NO3. The van der Waals surface area contributed by atoms with E-state index in [0.717, 1.165) is 12.8 Å². The normalized spacial score (nSPS) is 33.9. The van der Waals surface area contributed by atoms with Crippen molar-refractivity contribution < 1.29 is 14.6 Å². The topological polar surface area (TPSA) is 49.8 Å². The van der Waals surface area contributed by atoms with Gasteiger partial charge in [-0.2, -0.15) is 0 Å². The molecule has 1 aliphatic carbocycles. The van der Waals surface area contributed by atoms with Crippen LogP contribution in [0.3, 0.4) is 0 Å². The molecular weight excluding hydrogens is 194 g/mol. The molecule has 15 heavy (non-hydrogen) atoms. The molecule has 0 spiro atoms. The van der Waals surface area contributed by atoms with Gasteiger partial charge in [0.05, 0.1) is 6.61 Å².